The minimum Gasteiger partial charge on any atom is -0.397 e. The third-order valence-electron chi connectivity index (χ3n) is 1.83. The van der Waals surface area contributed by atoms with E-state index in [9.17, 15) is 0 Å². The number of hydrogen-bond donors (Lipinski definition) is 1. The van der Waals surface area contributed by atoms with Gasteiger partial charge in [0.15, 0.2) is 0 Å². The molecule has 0 aliphatic carbocycles. The summed E-state index contributed by atoms with van der Waals surface area (Å²) in [7, 11) is 0. The number of benzene rings is 1. The molecule has 2 aromatic rings. The summed E-state index contributed by atoms with van der Waals surface area (Å²) in [5.41, 5.74) is 7.16. The van der Waals surface area contributed by atoms with E-state index in [1.165, 1.54) is 11.0 Å². The normalized spacial score (nSPS) is 9.87. The molecule has 1 heterocycles. The Labute approximate surface area is 99.7 Å². The molecular weight excluding hydrogens is 305 g/mol. The van der Waals surface area contributed by atoms with E-state index in [4.69, 9.17) is 11.0 Å². The Kier molecular flexibility index (Phi) is 2.55. The molecule has 74 valence electrons. The van der Waals surface area contributed by atoms with Gasteiger partial charge in [0, 0.05) is 3.57 Å². The lowest BCUT2D eigenvalue weighted by atomic mass is 10.3. The highest BCUT2D eigenvalue weighted by molar-refractivity contribution is 14.1. The van der Waals surface area contributed by atoms with Gasteiger partial charge in [-0.3, -0.25) is 0 Å². The molecule has 0 aliphatic rings. The van der Waals surface area contributed by atoms with E-state index in [2.05, 4.69) is 32.7 Å². The molecule has 0 aliphatic heterocycles. The number of halogens is 1. The molecule has 0 fully saturated rings. The quantitative estimate of drug-likeness (QED) is 0.636. The zero-order chi connectivity index (χ0) is 10.8. The van der Waals surface area contributed by atoms with Crippen LogP contribution in [0, 0.1) is 14.9 Å². The fraction of sp³-hybridized carbons (Fsp3) is 0. The van der Waals surface area contributed by atoms with Crippen molar-refractivity contribution in [3.8, 4) is 11.8 Å². The summed E-state index contributed by atoms with van der Waals surface area (Å²) in [4.78, 5) is 3.81. The summed E-state index contributed by atoms with van der Waals surface area (Å²) in [5.74, 6) is 0.132. The summed E-state index contributed by atoms with van der Waals surface area (Å²) in [6, 6.07) is 7.46. The first-order valence-corrected chi connectivity index (χ1v) is 5.16. The van der Waals surface area contributed by atoms with E-state index >= 15 is 0 Å². The van der Waals surface area contributed by atoms with Crippen LogP contribution < -0.4 is 5.73 Å². The van der Waals surface area contributed by atoms with E-state index in [0.717, 1.165) is 9.26 Å². The Hall–Kier alpha value is -1.62. The molecule has 1 aromatic carbocycles. The van der Waals surface area contributed by atoms with Gasteiger partial charge in [-0.2, -0.15) is 5.26 Å². The van der Waals surface area contributed by atoms with Gasteiger partial charge >= 0.3 is 0 Å². The van der Waals surface area contributed by atoms with Gasteiger partial charge in [0.05, 0.1) is 11.4 Å². The van der Waals surface area contributed by atoms with Crippen LogP contribution in [0.3, 0.4) is 0 Å². The number of hydrogen-bond acceptors (Lipinski definition) is 4. The molecule has 0 amide bonds. The zero-order valence-corrected chi connectivity index (χ0v) is 9.71. The van der Waals surface area contributed by atoms with Crippen LogP contribution in [-0.4, -0.2) is 14.8 Å². The third-order valence-corrected chi connectivity index (χ3v) is 2.50. The average molecular weight is 311 g/mol. The van der Waals surface area contributed by atoms with E-state index in [0.29, 0.717) is 5.69 Å². The summed E-state index contributed by atoms with van der Waals surface area (Å²) >= 11 is 2.18. The largest absolute Gasteiger partial charge is 0.397 e. The van der Waals surface area contributed by atoms with Crippen molar-refractivity contribution in [1.82, 2.24) is 14.8 Å². The fourth-order valence-electron chi connectivity index (χ4n) is 1.16. The molecular formula is C9H6IN5. The lowest BCUT2D eigenvalue weighted by Crippen LogP contribution is -2.00. The first-order valence-electron chi connectivity index (χ1n) is 4.08. The highest BCUT2D eigenvalue weighted by Crippen LogP contribution is 2.18. The predicted octanol–water partition coefficient (Wildman–Crippen LogP) is 1.33. The number of anilines is 1. The predicted molar refractivity (Wildman–Crippen MR) is 63.2 cm³/mol. The maximum atomic E-state index is 8.59. The molecule has 15 heavy (non-hydrogen) atoms. The third kappa shape index (κ3) is 1.92. The highest BCUT2D eigenvalue weighted by atomic mass is 127. The summed E-state index contributed by atoms with van der Waals surface area (Å²) < 4.78 is 2.54. The summed E-state index contributed by atoms with van der Waals surface area (Å²) in [6.07, 6.45) is 1.47. The fourth-order valence-corrected chi connectivity index (χ4v) is 1.68. The van der Waals surface area contributed by atoms with Gasteiger partial charge in [-0.25, -0.2) is 9.67 Å². The molecule has 0 bridgehead atoms. The molecule has 2 N–H and O–H groups in total. The van der Waals surface area contributed by atoms with Crippen LogP contribution in [0.4, 0.5) is 5.69 Å². The van der Waals surface area contributed by atoms with Gasteiger partial charge in [-0.15, -0.1) is 5.10 Å². The molecule has 0 spiro atoms. The number of nitrogens with zero attached hydrogens (tertiary/aromatic N) is 4. The number of aromatic nitrogens is 3. The van der Waals surface area contributed by atoms with Crippen LogP contribution in [0.2, 0.25) is 0 Å². The molecule has 0 saturated heterocycles. The molecule has 0 unspecified atom stereocenters. The Morgan fingerprint density at radius 3 is 2.87 bits per heavy atom. The standard InChI is InChI=1S/C9H6IN5/c10-6-1-2-8(7(12)3-6)15-5-13-9(4-11)14-15/h1-3,5H,12H2. The number of nitrogen functional groups attached to an aromatic ring is 1. The smallest absolute Gasteiger partial charge is 0.252 e. The van der Waals surface area contributed by atoms with Crippen LogP contribution in [0.25, 0.3) is 5.69 Å². The lowest BCUT2D eigenvalue weighted by molar-refractivity contribution is 0.875. The maximum absolute atomic E-state index is 8.59. The Morgan fingerprint density at radius 2 is 2.27 bits per heavy atom. The van der Waals surface area contributed by atoms with Crippen molar-refractivity contribution in [3.05, 3.63) is 33.9 Å². The van der Waals surface area contributed by atoms with E-state index in [1.54, 1.807) is 0 Å². The van der Waals surface area contributed by atoms with E-state index in [-0.39, 0.29) is 5.82 Å². The molecule has 0 saturated carbocycles. The zero-order valence-electron chi connectivity index (χ0n) is 7.55. The topological polar surface area (TPSA) is 80.5 Å². The summed E-state index contributed by atoms with van der Waals surface area (Å²) in [6.45, 7) is 0. The molecule has 1 aromatic heterocycles. The number of rotatable bonds is 1. The van der Waals surface area contributed by atoms with Gasteiger partial charge in [0.25, 0.3) is 5.82 Å². The molecule has 0 radical (unpaired) electrons. The van der Waals surface area contributed by atoms with Crippen molar-refractivity contribution in [2.45, 2.75) is 0 Å². The summed E-state index contributed by atoms with van der Waals surface area (Å²) in [5, 5.41) is 12.5. The number of nitrogens with two attached hydrogens (primary N) is 1. The average Bonchev–Trinajstić information content (AvgIpc) is 2.66. The minimum absolute atomic E-state index is 0.132. The first kappa shape index (κ1) is 9.92. The molecule has 2 rings (SSSR count). The Bertz CT molecular complexity index is 540. The van der Waals surface area contributed by atoms with Gasteiger partial charge in [-0.1, -0.05) is 0 Å². The molecule has 6 heteroatoms. The van der Waals surface area contributed by atoms with Crippen LogP contribution in [0.5, 0.6) is 0 Å². The van der Waals surface area contributed by atoms with Crippen molar-refractivity contribution < 1.29 is 0 Å². The maximum Gasteiger partial charge on any atom is 0.252 e. The van der Waals surface area contributed by atoms with E-state index in [1.807, 2.05) is 24.3 Å². The lowest BCUT2D eigenvalue weighted by Gasteiger charge is -2.04. The van der Waals surface area contributed by atoms with Crippen molar-refractivity contribution >= 4 is 28.3 Å². The van der Waals surface area contributed by atoms with Gasteiger partial charge in [0.2, 0.25) is 0 Å². The molecule has 0 atom stereocenters. The van der Waals surface area contributed by atoms with Crippen LogP contribution >= 0.6 is 22.6 Å². The minimum atomic E-state index is 0.132. The second-order valence-corrected chi connectivity index (χ2v) is 4.07. The SMILES string of the molecule is N#Cc1ncn(-c2ccc(I)cc2N)n1. The van der Waals surface area contributed by atoms with Crippen molar-refractivity contribution in [2.75, 3.05) is 5.73 Å². The molecule has 5 nitrogen and oxygen atoms in total. The highest BCUT2D eigenvalue weighted by Gasteiger charge is 2.05. The number of nitriles is 1. The van der Waals surface area contributed by atoms with Crippen LogP contribution in [0.15, 0.2) is 24.5 Å². The monoisotopic (exact) mass is 311 g/mol. The second-order valence-electron chi connectivity index (χ2n) is 2.83. The Balaban J connectivity index is 2.50. The van der Waals surface area contributed by atoms with Gasteiger partial charge in [-0.05, 0) is 40.8 Å². The van der Waals surface area contributed by atoms with Gasteiger partial charge in [0.1, 0.15) is 12.4 Å². The second kappa shape index (κ2) is 3.86. The van der Waals surface area contributed by atoms with Crippen molar-refractivity contribution in [3.63, 3.8) is 0 Å². The first-order chi connectivity index (χ1) is 7.20. The van der Waals surface area contributed by atoms with Crippen LogP contribution in [0.1, 0.15) is 5.82 Å². The Morgan fingerprint density at radius 1 is 1.47 bits per heavy atom. The van der Waals surface area contributed by atoms with Crippen molar-refractivity contribution in [2.24, 2.45) is 0 Å². The van der Waals surface area contributed by atoms with E-state index < -0.39 is 0 Å². The van der Waals surface area contributed by atoms with Gasteiger partial charge < -0.3 is 5.73 Å². The van der Waals surface area contributed by atoms with Crippen LogP contribution in [-0.2, 0) is 0 Å². The van der Waals surface area contributed by atoms with Crippen molar-refractivity contribution in [1.29, 1.82) is 5.26 Å².